The lowest BCUT2D eigenvalue weighted by Gasteiger charge is -2.13. The Hall–Kier alpha value is -1.00. The number of aliphatic hydroxyl groups is 1. The molecule has 0 bridgehead atoms. The lowest BCUT2D eigenvalue weighted by Crippen LogP contribution is -2.09. The number of ether oxygens (including phenoxy) is 1. The van der Waals surface area contributed by atoms with E-state index in [0.717, 1.165) is 12.1 Å². The molecule has 0 saturated heterocycles. The highest BCUT2D eigenvalue weighted by Gasteiger charge is 2.13. The van der Waals surface area contributed by atoms with Crippen molar-refractivity contribution in [3.8, 4) is 0 Å². The van der Waals surface area contributed by atoms with Crippen molar-refractivity contribution in [2.75, 3.05) is 6.61 Å². The van der Waals surface area contributed by atoms with Crippen molar-refractivity contribution in [2.24, 2.45) is 0 Å². The van der Waals surface area contributed by atoms with Gasteiger partial charge in [0.2, 0.25) is 0 Å². The molecule has 16 heavy (non-hydrogen) atoms. The summed E-state index contributed by atoms with van der Waals surface area (Å²) in [5.74, 6) is -1.37. The summed E-state index contributed by atoms with van der Waals surface area (Å²) < 4.78 is 31.1. The van der Waals surface area contributed by atoms with Crippen molar-refractivity contribution in [3.63, 3.8) is 0 Å². The fraction of sp³-hybridized carbons (Fsp3) is 0.500. The average molecular weight is 230 g/mol. The quantitative estimate of drug-likeness (QED) is 0.842. The van der Waals surface area contributed by atoms with Crippen LogP contribution < -0.4 is 0 Å². The van der Waals surface area contributed by atoms with Crippen LogP contribution in [0.2, 0.25) is 0 Å². The third kappa shape index (κ3) is 3.87. The van der Waals surface area contributed by atoms with Gasteiger partial charge in [-0.1, -0.05) is 6.07 Å². The highest BCUT2D eigenvalue weighted by atomic mass is 19.1. The molecule has 1 rings (SSSR count). The van der Waals surface area contributed by atoms with E-state index in [-0.39, 0.29) is 11.7 Å². The topological polar surface area (TPSA) is 29.5 Å². The predicted octanol–water partition coefficient (Wildman–Crippen LogP) is 2.81. The SMILES string of the molecule is CC(C)OCCC(O)c1ccc(F)cc1F. The molecule has 0 radical (unpaired) electrons. The minimum Gasteiger partial charge on any atom is -0.388 e. The Bertz CT molecular complexity index is 340. The molecule has 1 N–H and O–H groups in total. The molecule has 0 saturated carbocycles. The van der Waals surface area contributed by atoms with Crippen LogP contribution in [0.15, 0.2) is 18.2 Å². The van der Waals surface area contributed by atoms with Crippen LogP contribution in [-0.2, 0) is 4.74 Å². The summed E-state index contributed by atoms with van der Waals surface area (Å²) in [6.45, 7) is 4.10. The molecule has 0 heterocycles. The number of aliphatic hydroxyl groups excluding tert-OH is 1. The average Bonchev–Trinajstić information content (AvgIpc) is 2.16. The van der Waals surface area contributed by atoms with Gasteiger partial charge in [-0.25, -0.2) is 8.78 Å². The first kappa shape index (κ1) is 13.1. The maximum absolute atomic E-state index is 13.2. The van der Waals surface area contributed by atoms with Gasteiger partial charge < -0.3 is 9.84 Å². The van der Waals surface area contributed by atoms with E-state index in [1.807, 2.05) is 13.8 Å². The molecule has 0 spiro atoms. The molecular weight excluding hydrogens is 214 g/mol. The lowest BCUT2D eigenvalue weighted by molar-refractivity contribution is 0.0457. The monoisotopic (exact) mass is 230 g/mol. The van der Waals surface area contributed by atoms with E-state index in [1.165, 1.54) is 6.07 Å². The zero-order valence-electron chi connectivity index (χ0n) is 9.41. The van der Waals surface area contributed by atoms with Gasteiger partial charge in [-0.3, -0.25) is 0 Å². The summed E-state index contributed by atoms with van der Waals surface area (Å²) >= 11 is 0. The number of hydrogen-bond acceptors (Lipinski definition) is 2. The maximum Gasteiger partial charge on any atom is 0.131 e. The highest BCUT2D eigenvalue weighted by Crippen LogP contribution is 2.20. The highest BCUT2D eigenvalue weighted by molar-refractivity contribution is 5.20. The first-order chi connectivity index (χ1) is 7.50. The fourth-order valence-electron chi connectivity index (χ4n) is 1.34. The van der Waals surface area contributed by atoms with Gasteiger partial charge in [-0.15, -0.1) is 0 Å². The van der Waals surface area contributed by atoms with E-state index in [9.17, 15) is 13.9 Å². The number of halogens is 2. The Labute approximate surface area is 93.9 Å². The third-order valence-electron chi connectivity index (χ3n) is 2.16. The molecule has 1 unspecified atom stereocenters. The first-order valence-electron chi connectivity index (χ1n) is 5.25. The molecule has 1 aromatic carbocycles. The molecular formula is C12H16F2O2. The lowest BCUT2D eigenvalue weighted by atomic mass is 10.1. The summed E-state index contributed by atoms with van der Waals surface area (Å²) in [6, 6.07) is 3.15. The smallest absolute Gasteiger partial charge is 0.131 e. The molecule has 0 fully saturated rings. The van der Waals surface area contributed by atoms with Gasteiger partial charge in [0.05, 0.1) is 12.2 Å². The summed E-state index contributed by atoms with van der Waals surface area (Å²) in [5.41, 5.74) is 0.105. The van der Waals surface area contributed by atoms with Crippen LogP contribution in [-0.4, -0.2) is 17.8 Å². The minimum atomic E-state index is -0.959. The second kappa shape index (κ2) is 5.92. The zero-order valence-corrected chi connectivity index (χ0v) is 9.41. The Morgan fingerprint density at radius 2 is 2.00 bits per heavy atom. The number of benzene rings is 1. The molecule has 0 aliphatic carbocycles. The van der Waals surface area contributed by atoms with E-state index in [2.05, 4.69) is 0 Å². The van der Waals surface area contributed by atoms with Crippen LogP contribution in [0.4, 0.5) is 8.78 Å². The Morgan fingerprint density at radius 1 is 1.31 bits per heavy atom. The molecule has 0 aliphatic heterocycles. The Kier molecular flexibility index (Phi) is 4.83. The number of rotatable bonds is 5. The molecule has 1 atom stereocenters. The van der Waals surface area contributed by atoms with E-state index in [4.69, 9.17) is 4.74 Å². The Balaban J connectivity index is 2.55. The van der Waals surface area contributed by atoms with E-state index in [1.54, 1.807) is 0 Å². The van der Waals surface area contributed by atoms with Crippen LogP contribution in [0, 0.1) is 11.6 Å². The van der Waals surface area contributed by atoms with Gasteiger partial charge in [-0.05, 0) is 19.9 Å². The van der Waals surface area contributed by atoms with Gasteiger partial charge in [0.1, 0.15) is 11.6 Å². The summed E-state index contributed by atoms with van der Waals surface area (Å²) in [7, 11) is 0. The van der Waals surface area contributed by atoms with Crippen LogP contribution in [0.3, 0.4) is 0 Å². The van der Waals surface area contributed by atoms with Gasteiger partial charge >= 0.3 is 0 Å². The predicted molar refractivity (Wildman–Crippen MR) is 57.0 cm³/mol. The molecule has 0 amide bonds. The normalized spacial score (nSPS) is 13.1. The third-order valence-corrected chi connectivity index (χ3v) is 2.16. The van der Waals surface area contributed by atoms with E-state index < -0.39 is 17.7 Å². The van der Waals surface area contributed by atoms with Crippen LogP contribution in [0.1, 0.15) is 31.9 Å². The standard InChI is InChI=1S/C12H16F2O2/c1-8(2)16-6-5-12(15)10-4-3-9(13)7-11(10)14/h3-4,7-8,12,15H,5-6H2,1-2H3. The van der Waals surface area contributed by atoms with Crippen molar-refractivity contribution in [1.29, 1.82) is 0 Å². The molecule has 0 aromatic heterocycles. The summed E-state index contributed by atoms with van der Waals surface area (Å²) in [4.78, 5) is 0. The van der Waals surface area contributed by atoms with Crippen molar-refractivity contribution >= 4 is 0 Å². The Morgan fingerprint density at radius 3 is 2.56 bits per heavy atom. The number of hydrogen-bond donors (Lipinski definition) is 1. The molecule has 0 aliphatic rings. The molecule has 1 aromatic rings. The second-order valence-corrected chi connectivity index (χ2v) is 3.89. The minimum absolute atomic E-state index is 0.0743. The van der Waals surface area contributed by atoms with Crippen LogP contribution in [0.25, 0.3) is 0 Å². The first-order valence-corrected chi connectivity index (χ1v) is 5.25. The maximum atomic E-state index is 13.2. The van der Waals surface area contributed by atoms with Crippen LogP contribution >= 0.6 is 0 Å². The van der Waals surface area contributed by atoms with Crippen molar-refractivity contribution in [2.45, 2.75) is 32.5 Å². The summed E-state index contributed by atoms with van der Waals surface area (Å²) in [6.07, 6.45) is -0.592. The van der Waals surface area contributed by atoms with E-state index in [0.29, 0.717) is 13.0 Å². The van der Waals surface area contributed by atoms with Crippen molar-refractivity contribution in [1.82, 2.24) is 0 Å². The molecule has 2 nitrogen and oxygen atoms in total. The zero-order chi connectivity index (χ0) is 12.1. The van der Waals surface area contributed by atoms with Crippen molar-refractivity contribution < 1.29 is 18.6 Å². The van der Waals surface area contributed by atoms with Gasteiger partial charge in [0.15, 0.2) is 0 Å². The molecule has 4 heteroatoms. The fourth-order valence-corrected chi connectivity index (χ4v) is 1.34. The molecule has 90 valence electrons. The largest absolute Gasteiger partial charge is 0.388 e. The summed E-state index contributed by atoms with van der Waals surface area (Å²) in [5, 5.41) is 9.66. The van der Waals surface area contributed by atoms with Crippen molar-refractivity contribution in [3.05, 3.63) is 35.4 Å². The van der Waals surface area contributed by atoms with Gasteiger partial charge in [-0.2, -0.15) is 0 Å². The second-order valence-electron chi connectivity index (χ2n) is 3.89. The van der Waals surface area contributed by atoms with Gasteiger partial charge in [0.25, 0.3) is 0 Å². The van der Waals surface area contributed by atoms with Gasteiger partial charge in [0, 0.05) is 24.7 Å². The van der Waals surface area contributed by atoms with Crippen LogP contribution in [0.5, 0.6) is 0 Å². The van der Waals surface area contributed by atoms with E-state index >= 15 is 0 Å².